The van der Waals surface area contributed by atoms with Crippen LogP contribution >= 0.6 is 11.8 Å². The molecule has 1 unspecified atom stereocenters. The number of rotatable bonds is 5. The molecule has 2 rings (SSSR count). The maximum Gasteiger partial charge on any atom is 0.255 e. The van der Waals surface area contributed by atoms with Crippen molar-refractivity contribution in [1.82, 2.24) is 9.56 Å². The van der Waals surface area contributed by atoms with Crippen molar-refractivity contribution in [2.24, 2.45) is 5.92 Å². The minimum absolute atomic E-state index is 0.112. The maximum absolute atomic E-state index is 11.8. The Hall–Kier alpha value is -0.590. The normalized spacial score (nSPS) is 33.2. The van der Waals surface area contributed by atoms with Crippen LogP contribution in [-0.4, -0.2) is 25.1 Å². The zero-order chi connectivity index (χ0) is 12.0. The van der Waals surface area contributed by atoms with Gasteiger partial charge in [0.1, 0.15) is 5.54 Å². The molecular formula is C9H13ClN2O3S. The molecule has 7 heteroatoms. The molecule has 16 heavy (non-hydrogen) atoms. The monoisotopic (exact) mass is 264 g/mol. The highest BCUT2D eigenvalue weighted by Gasteiger charge is 2.59. The molecule has 90 valence electrons. The number of nitrogens with one attached hydrogen (secondary N) is 2. The van der Waals surface area contributed by atoms with Gasteiger partial charge in [-0.3, -0.25) is 9.52 Å². The summed E-state index contributed by atoms with van der Waals surface area (Å²) < 4.78 is 25.2. The van der Waals surface area contributed by atoms with Crippen LogP contribution in [0.15, 0.2) is 12.7 Å². The summed E-state index contributed by atoms with van der Waals surface area (Å²) in [4.78, 5) is 14.2. The van der Waals surface area contributed by atoms with Gasteiger partial charge in [-0.05, 0) is 31.0 Å². The van der Waals surface area contributed by atoms with Gasteiger partial charge in [0, 0.05) is 5.92 Å². The van der Waals surface area contributed by atoms with Crippen LogP contribution in [0.25, 0.3) is 0 Å². The van der Waals surface area contributed by atoms with E-state index in [1.807, 2.05) is 0 Å². The molecule has 0 saturated heterocycles. The molecule has 0 spiro atoms. The minimum atomic E-state index is -3.50. The van der Waals surface area contributed by atoms with Crippen LogP contribution in [-0.2, 0) is 14.8 Å². The third kappa shape index (κ3) is 1.85. The van der Waals surface area contributed by atoms with E-state index in [0.717, 1.165) is 0 Å². The molecule has 0 heterocycles. The number of amides is 1. The average molecular weight is 265 g/mol. The minimum Gasteiger partial charge on any atom is -0.272 e. The van der Waals surface area contributed by atoms with E-state index in [0.29, 0.717) is 19.3 Å². The van der Waals surface area contributed by atoms with E-state index in [4.69, 9.17) is 11.8 Å². The molecule has 0 aromatic carbocycles. The summed E-state index contributed by atoms with van der Waals surface area (Å²) in [7, 11) is -3.50. The van der Waals surface area contributed by atoms with Crippen molar-refractivity contribution in [1.29, 1.82) is 0 Å². The van der Waals surface area contributed by atoms with Crippen molar-refractivity contribution in [3.05, 3.63) is 12.7 Å². The Kier molecular flexibility index (Phi) is 2.76. The van der Waals surface area contributed by atoms with E-state index in [1.54, 1.807) is 6.08 Å². The van der Waals surface area contributed by atoms with Crippen LogP contribution in [0.5, 0.6) is 0 Å². The molecule has 5 nitrogen and oxygen atoms in total. The predicted octanol–water partition coefficient (Wildman–Crippen LogP) is 0.283. The van der Waals surface area contributed by atoms with Crippen LogP contribution in [0.1, 0.15) is 19.3 Å². The molecule has 2 atom stereocenters. The van der Waals surface area contributed by atoms with Gasteiger partial charge in [0.2, 0.25) is 10.0 Å². The van der Waals surface area contributed by atoms with Crippen LogP contribution in [0.4, 0.5) is 0 Å². The standard InChI is InChI=1S/C9H13ClN2O3S/c1-2-6-5-9(6,12-10)8(13)11-16(14,15)7-3-4-7/h2,6-7,12H,1,3-5H2,(H,11,13)/t6?,9-/m1/s1. The first-order valence-electron chi connectivity index (χ1n) is 5.02. The fourth-order valence-corrected chi connectivity index (χ4v) is 3.33. The lowest BCUT2D eigenvalue weighted by Crippen LogP contribution is -2.47. The fraction of sp³-hybridized carbons (Fsp3) is 0.667. The third-order valence-electron chi connectivity index (χ3n) is 3.07. The van der Waals surface area contributed by atoms with Gasteiger partial charge >= 0.3 is 0 Å². The largest absolute Gasteiger partial charge is 0.272 e. The number of halogens is 1. The van der Waals surface area contributed by atoms with Crippen molar-refractivity contribution >= 4 is 27.7 Å². The van der Waals surface area contributed by atoms with Gasteiger partial charge in [-0.1, -0.05) is 6.08 Å². The molecule has 2 saturated carbocycles. The predicted molar refractivity (Wildman–Crippen MR) is 60.1 cm³/mol. The van der Waals surface area contributed by atoms with Gasteiger partial charge in [-0.2, -0.15) is 0 Å². The number of hydrogen-bond acceptors (Lipinski definition) is 4. The van der Waals surface area contributed by atoms with E-state index in [9.17, 15) is 13.2 Å². The van der Waals surface area contributed by atoms with Crippen molar-refractivity contribution in [3.63, 3.8) is 0 Å². The third-order valence-corrected chi connectivity index (χ3v) is 5.23. The molecule has 0 bridgehead atoms. The number of carbonyl (C=O) groups is 1. The van der Waals surface area contributed by atoms with E-state index in [-0.39, 0.29) is 5.92 Å². The van der Waals surface area contributed by atoms with Crippen LogP contribution in [0, 0.1) is 5.92 Å². The van der Waals surface area contributed by atoms with Gasteiger partial charge in [0.05, 0.1) is 5.25 Å². The highest BCUT2D eigenvalue weighted by atomic mass is 35.5. The Morgan fingerprint density at radius 1 is 1.50 bits per heavy atom. The molecule has 0 aliphatic heterocycles. The molecular weight excluding hydrogens is 252 g/mol. The van der Waals surface area contributed by atoms with Gasteiger partial charge in [-0.15, -0.1) is 6.58 Å². The van der Waals surface area contributed by atoms with Gasteiger partial charge in [0.25, 0.3) is 5.91 Å². The first-order valence-corrected chi connectivity index (χ1v) is 6.95. The number of hydrogen-bond donors (Lipinski definition) is 2. The molecule has 0 aromatic heterocycles. The van der Waals surface area contributed by atoms with Crippen LogP contribution in [0.2, 0.25) is 0 Å². The lowest BCUT2D eigenvalue weighted by Gasteiger charge is -2.14. The van der Waals surface area contributed by atoms with Crippen LogP contribution in [0.3, 0.4) is 0 Å². The summed E-state index contributed by atoms with van der Waals surface area (Å²) in [6, 6.07) is 0. The van der Waals surface area contributed by atoms with Gasteiger partial charge < -0.3 is 0 Å². The van der Waals surface area contributed by atoms with E-state index < -0.39 is 26.7 Å². The average Bonchev–Trinajstić information content (AvgIpc) is 3.10. The first kappa shape index (κ1) is 11.9. The molecule has 0 aromatic rings. The Morgan fingerprint density at radius 2 is 2.12 bits per heavy atom. The van der Waals surface area contributed by atoms with E-state index in [2.05, 4.69) is 16.1 Å². The van der Waals surface area contributed by atoms with Gasteiger partial charge in [0.15, 0.2) is 0 Å². The molecule has 2 aliphatic carbocycles. The molecule has 0 radical (unpaired) electrons. The zero-order valence-corrected chi connectivity index (χ0v) is 10.1. The SMILES string of the molecule is C=CC1C[C@]1(NCl)C(=O)NS(=O)(=O)C1CC1. The Bertz CT molecular complexity index is 432. The van der Waals surface area contributed by atoms with E-state index in [1.165, 1.54) is 0 Å². The van der Waals surface area contributed by atoms with Crippen molar-refractivity contribution in [3.8, 4) is 0 Å². The second-order valence-electron chi connectivity index (χ2n) is 4.29. The molecule has 2 aliphatic rings. The summed E-state index contributed by atoms with van der Waals surface area (Å²) >= 11 is 5.49. The highest BCUT2D eigenvalue weighted by molar-refractivity contribution is 7.90. The van der Waals surface area contributed by atoms with Crippen molar-refractivity contribution < 1.29 is 13.2 Å². The quantitative estimate of drug-likeness (QED) is 0.553. The Morgan fingerprint density at radius 3 is 2.50 bits per heavy atom. The Labute approximate surface area is 99.4 Å². The highest BCUT2D eigenvalue weighted by Crippen LogP contribution is 2.45. The Balaban J connectivity index is 2.06. The second-order valence-corrected chi connectivity index (χ2v) is 6.44. The number of sulfonamides is 1. The van der Waals surface area contributed by atoms with Crippen molar-refractivity contribution in [2.75, 3.05) is 0 Å². The summed E-state index contributed by atoms with van der Waals surface area (Å²) in [5.74, 6) is -0.696. The molecule has 2 fully saturated rings. The number of carbonyl (C=O) groups excluding carboxylic acids is 1. The first-order chi connectivity index (χ1) is 7.46. The molecule has 2 N–H and O–H groups in total. The molecule has 1 amide bonds. The van der Waals surface area contributed by atoms with Crippen molar-refractivity contribution in [2.45, 2.75) is 30.1 Å². The summed E-state index contributed by atoms with van der Waals surface area (Å²) in [5.41, 5.74) is -0.995. The topological polar surface area (TPSA) is 75.3 Å². The lowest BCUT2D eigenvalue weighted by atomic mass is 10.2. The fourth-order valence-electron chi connectivity index (χ4n) is 1.67. The maximum atomic E-state index is 11.8. The summed E-state index contributed by atoms with van der Waals surface area (Å²) in [5, 5.41) is -0.412. The lowest BCUT2D eigenvalue weighted by molar-refractivity contribution is -0.122. The van der Waals surface area contributed by atoms with Gasteiger partial charge in [-0.25, -0.2) is 13.3 Å². The smallest absolute Gasteiger partial charge is 0.255 e. The van der Waals surface area contributed by atoms with Crippen LogP contribution < -0.4 is 9.56 Å². The van der Waals surface area contributed by atoms with E-state index >= 15 is 0 Å². The zero-order valence-electron chi connectivity index (χ0n) is 8.57. The second kappa shape index (κ2) is 3.72. The summed E-state index contributed by atoms with van der Waals surface area (Å²) in [6.45, 7) is 3.56. The summed E-state index contributed by atoms with van der Waals surface area (Å²) in [6.07, 6.45) is 3.31.